The molecule has 3 nitrogen and oxygen atoms in total. The van der Waals surface area contributed by atoms with Gasteiger partial charge in [0.2, 0.25) is 0 Å². The van der Waals surface area contributed by atoms with E-state index in [-0.39, 0.29) is 23.7 Å². The molecule has 2 aromatic rings. The lowest BCUT2D eigenvalue weighted by Crippen LogP contribution is -2.04. The van der Waals surface area contributed by atoms with Crippen molar-refractivity contribution in [3.8, 4) is 11.5 Å². The maximum Gasteiger partial charge on any atom is 0.165 e. The fourth-order valence-corrected chi connectivity index (χ4v) is 1.86. The van der Waals surface area contributed by atoms with Gasteiger partial charge in [-0.2, -0.15) is 0 Å². The van der Waals surface area contributed by atoms with Crippen molar-refractivity contribution in [3.63, 3.8) is 0 Å². The van der Waals surface area contributed by atoms with Crippen LogP contribution in [0.2, 0.25) is 0 Å². The molecule has 0 aliphatic heterocycles. The quantitative estimate of drug-likeness (QED) is 0.787. The molecule has 2 aromatic carbocycles. The van der Waals surface area contributed by atoms with E-state index in [1.807, 2.05) is 0 Å². The van der Waals surface area contributed by atoms with Crippen LogP contribution in [0.1, 0.15) is 22.8 Å². The number of rotatable bonds is 5. The first-order chi connectivity index (χ1) is 10.0. The van der Waals surface area contributed by atoms with Gasteiger partial charge in [0.05, 0.1) is 12.7 Å². The zero-order chi connectivity index (χ0) is 15.4. The highest BCUT2D eigenvalue weighted by atomic mass is 19.2. The number of hydrogen-bond donors (Lipinski definition) is 0. The van der Waals surface area contributed by atoms with Crippen molar-refractivity contribution < 1.29 is 23.0 Å². The van der Waals surface area contributed by atoms with E-state index in [2.05, 4.69) is 0 Å². The van der Waals surface area contributed by atoms with Crippen LogP contribution in [0.5, 0.6) is 11.5 Å². The number of benzene rings is 2. The van der Waals surface area contributed by atoms with Gasteiger partial charge in [-0.25, -0.2) is 8.78 Å². The molecular weight excluding hydrogens is 278 g/mol. The molecule has 0 bridgehead atoms. The van der Waals surface area contributed by atoms with Crippen molar-refractivity contribution in [2.24, 2.45) is 0 Å². The van der Waals surface area contributed by atoms with Crippen molar-refractivity contribution in [1.82, 2.24) is 0 Å². The molecule has 0 atom stereocenters. The average Bonchev–Trinajstić information content (AvgIpc) is 2.48. The van der Waals surface area contributed by atoms with Crippen molar-refractivity contribution in [2.75, 3.05) is 7.11 Å². The predicted octanol–water partition coefficient (Wildman–Crippen LogP) is 3.76. The van der Waals surface area contributed by atoms with Gasteiger partial charge in [-0.15, -0.1) is 0 Å². The van der Waals surface area contributed by atoms with Crippen LogP contribution in [0.4, 0.5) is 8.78 Å². The summed E-state index contributed by atoms with van der Waals surface area (Å²) in [4.78, 5) is 11.5. The smallest absolute Gasteiger partial charge is 0.165 e. The molecule has 110 valence electrons. The van der Waals surface area contributed by atoms with E-state index < -0.39 is 11.6 Å². The lowest BCUT2D eigenvalue weighted by molar-refractivity contribution is 0.101. The van der Waals surface area contributed by atoms with Gasteiger partial charge in [-0.05, 0) is 25.1 Å². The van der Waals surface area contributed by atoms with Crippen LogP contribution in [0.15, 0.2) is 36.4 Å². The average molecular weight is 292 g/mol. The lowest BCUT2D eigenvalue weighted by atomic mass is 10.1. The third-order valence-corrected chi connectivity index (χ3v) is 2.98. The topological polar surface area (TPSA) is 35.5 Å². The van der Waals surface area contributed by atoms with Crippen LogP contribution in [0, 0.1) is 11.6 Å². The number of carbonyl (C=O) groups excluding carboxylic acids is 1. The molecule has 0 aliphatic rings. The Bertz CT molecular complexity index is 669. The number of halogens is 2. The summed E-state index contributed by atoms with van der Waals surface area (Å²) in [5.41, 5.74) is 0.430. The van der Waals surface area contributed by atoms with Gasteiger partial charge in [0.15, 0.2) is 17.4 Å². The number of Topliss-reactive ketones (excluding diaryl/α,β-unsaturated/α-hetero) is 1. The minimum atomic E-state index is -0.954. The van der Waals surface area contributed by atoms with E-state index in [0.717, 1.165) is 6.07 Å². The molecule has 0 unspecified atom stereocenters. The third-order valence-electron chi connectivity index (χ3n) is 2.98. The second-order valence-corrected chi connectivity index (χ2v) is 4.42. The maximum atomic E-state index is 13.6. The minimum absolute atomic E-state index is 0.0762. The van der Waals surface area contributed by atoms with Crippen molar-refractivity contribution >= 4 is 5.78 Å². The molecule has 0 amide bonds. The minimum Gasteiger partial charge on any atom is -0.497 e. The van der Waals surface area contributed by atoms with Crippen LogP contribution < -0.4 is 9.47 Å². The fourth-order valence-electron chi connectivity index (χ4n) is 1.86. The Morgan fingerprint density at radius 1 is 1.19 bits per heavy atom. The second kappa shape index (κ2) is 6.35. The van der Waals surface area contributed by atoms with E-state index in [1.54, 1.807) is 12.1 Å². The molecule has 0 heterocycles. The molecule has 0 fully saturated rings. The number of methoxy groups -OCH3 is 1. The molecule has 0 spiro atoms. The molecule has 0 N–H and O–H groups in total. The van der Waals surface area contributed by atoms with Crippen LogP contribution in [0.25, 0.3) is 0 Å². The molecule has 0 aliphatic carbocycles. The normalized spacial score (nSPS) is 10.3. The summed E-state index contributed by atoms with van der Waals surface area (Å²) in [6.45, 7) is 1.22. The van der Waals surface area contributed by atoms with Gasteiger partial charge in [-0.1, -0.05) is 12.1 Å². The van der Waals surface area contributed by atoms with Gasteiger partial charge in [0.25, 0.3) is 0 Å². The molecule has 0 saturated heterocycles. The number of ketones is 1. The van der Waals surface area contributed by atoms with Crippen LogP contribution in [0.3, 0.4) is 0 Å². The highest BCUT2D eigenvalue weighted by Crippen LogP contribution is 2.26. The predicted molar refractivity (Wildman–Crippen MR) is 73.7 cm³/mol. The first-order valence-electron chi connectivity index (χ1n) is 6.27. The summed E-state index contributed by atoms with van der Waals surface area (Å²) in [7, 11) is 1.48. The maximum absolute atomic E-state index is 13.6. The Morgan fingerprint density at radius 2 is 1.95 bits per heavy atom. The van der Waals surface area contributed by atoms with Gasteiger partial charge < -0.3 is 9.47 Å². The highest BCUT2D eigenvalue weighted by molar-refractivity contribution is 5.97. The largest absolute Gasteiger partial charge is 0.497 e. The van der Waals surface area contributed by atoms with Gasteiger partial charge in [0, 0.05) is 11.6 Å². The lowest BCUT2D eigenvalue weighted by Gasteiger charge is -2.12. The zero-order valence-corrected chi connectivity index (χ0v) is 11.7. The molecule has 0 aromatic heterocycles. The van der Waals surface area contributed by atoms with E-state index >= 15 is 0 Å². The molecule has 21 heavy (non-hydrogen) atoms. The Morgan fingerprint density at radius 3 is 2.62 bits per heavy atom. The van der Waals surface area contributed by atoms with E-state index in [4.69, 9.17) is 9.47 Å². The summed E-state index contributed by atoms with van der Waals surface area (Å²) in [6.07, 6.45) is 0. The van der Waals surface area contributed by atoms with Crippen molar-refractivity contribution in [2.45, 2.75) is 13.5 Å². The number of hydrogen-bond acceptors (Lipinski definition) is 3. The summed E-state index contributed by atoms with van der Waals surface area (Å²) in [6, 6.07) is 8.59. The van der Waals surface area contributed by atoms with E-state index in [9.17, 15) is 13.6 Å². The van der Waals surface area contributed by atoms with E-state index in [1.165, 1.54) is 32.2 Å². The molecular formula is C16H14F2O3. The molecule has 5 heteroatoms. The van der Waals surface area contributed by atoms with Gasteiger partial charge >= 0.3 is 0 Å². The van der Waals surface area contributed by atoms with Crippen LogP contribution in [-0.4, -0.2) is 12.9 Å². The van der Waals surface area contributed by atoms with Gasteiger partial charge in [0.1, 0.15) is 18.1 Å². The summed E-state index contributed by atoms with van der Waals surface area (Å²) in [5, 5.41) is 0. The molecule has 0 radical (unpaired) electrons. The van der Waals surface area contributed by atoms with Crippen molar-refractivity contribution in [3.05, 3.63) is 59.2 Å². The standard InChI is InChI=1S/C16H14F2O3/c1-10(19)13-7-6-12(20-2)8-15(13)21-9-11-4-3-5-14(17)16(11)18/h3-8H,9H2,1-2H3. The zero-order valence-electron chi connectivity index (χ0n) is 11.7. The summed E-state index contributed by atoms with van der Waals surface area (Å²) >= 11 is 0. The second-order valence-electron chi connectivity index (χ2n) is 4.42. The summed E-state index contributed by atoms with van der Waals surface area (Å²) in [5.74, 6) is -1.30. The summed E-state index contributed by atoms with van der Waals surface area (Å²) < 4.78 is 37.2. The Kier molecular flexibility index (Phi) is 4.52. The van der Waals surface area contributed by atoms with Crippen LogP contribution >= 0.6 is 0 Å². The Labute approximate surface area is 121 Å². The Balaban J connectivity index is 2.26. The number of ether oxygens (including phenoxy) is 2. The first-order valence-corrected chi connectivity index (χ1v) is 6.27. The molecule has 0 saturated carbocycles. The van der Waals surface area contributed by atoms with Crippen molar-refractivity contribution in [1.29, 1.82) is 0 Å². The Hall–Kier alpha value is -2.43. The number of carbonyl (C=O) groups is 1. The van der Waals surface area contributed by atoms with Gasteiger partial charge in [-0.3, -0.25) is 4.79 Å². The first kappa shape index (κ1) is 15.0. The third kappa shape index (κ3) is 3.37. The fraction of sp³-hybridized carbons (Fsp3) is 0.188. The van der Waals surface area contributed by atoms with Crippen LogP contribution in [-0.2, 0) is 6.61 Å². The van der Waals surface area contributed by atoms with E-state index in [0.29, 0.717) is 11.3 Å². The molecule has 2 rings (SSSR count). The highest BCUT2D eigenvalue weighted by Gasteiger charge is 2.12. The monoisotopic (exact) mass is 292 g/mol. The SMILES string of the molecule is COc1ccc(C(C)=O)c(OCc2cccc(F)c2F)c1.